The van der Waals surface area contributed by atoms with E-state index in [-0.39, 0.29) is 23.5 Å². The van der Waals surface area contributed by atoms with Gasteiger partial charge in [-0.05, 0) is 36.8 Å². The zero-order chi connectivity index (χ0) is 18.5. The summed E-state index contributed by atoms with van der Waals surface area (Å²) in [6, 6.07) is 21.3. The standard InChI is InChI=1S/C22H18FNO2/c1-15(19-8-5-9-20(23)14-19)24-22(26)18-12-10-17(11-13-18)21(25)16-6-3-2-4-7-16/h2-15H,1H3,(H,24,26). The van der Waals surface area contributed by atoms with Crippen LogP contribution in [0.2, 0.25) is 0 Å². The van der Waals surface area contributed by atoms with Gasteiger partial charge in [0.25, 0.3) is 5.91 Å². The van der Waals surface area contributed by atoms with E-state index in [1.807, 2.05) is 18.2 Å². The molecule has 4 heteroatoms. The molecular weight excluding hydrogens is 329 g/mol. The zero-order valence-corrected chi connectivity index (χ0v) is 14.3. The minimum absolute atomic E-state index is 0.0920. The van der Waals surface area contributed by atoms with Crippen LogP contribution < -0.4 is 5.32 Å². The normalized spacial score (nSPS) is 11.6. The molecule has 3 nitrogen and oxygen atoms in total. The molecule has 0 aliphatic rings. The first kappa shape index (κ1) is 17.5. The first-order valence-electron chi connectivity index (χ1n) is 8.31. The molecule has 3 aromatic rings. The molecule has 0 radical (unpaired) electrons. The second-order valence-electron chi connectivity index (χ2n) is 6.02. The molecular formula is C22H18FNO2. The molecule has 0 saturated heterocycles. The number of carbonyl (C=O) groups is 2. The quantitative estimate of drug-likeness (QED) is 0.688. The Morgan fingerprint density at radius 1 is 0.808 bits per heavy atom. The summed E-state index contributed by atoms with van der Waals surface area (Å²) in [6.07, 6.45) is 0. The predicted molar refractivity (Wildman–Crippen MR) is 98.6 cm³/mol. The van der Waals surface area contributed by atoms with E-state index in [9.17, 15) is 14.0 Å². The van der Waals surface area contributed by atoms with Gasteiger partial charge in [-0.25, -0.2) is 4.39 Å². The highest BCUT2D eigenvalue weighted by Gasteiger charge is 2.13. The SMILES string of the molecule is CC(NC(=O)c1ccc(C(=O)c2ccccc2)cc1)c1cccc(F)c1. The summed E-state index contributed by atoms with van der Waals surface area (Å²) in [5.41, 5.74) is 2.25. The van der Waals surface area contributed by atoms with Crippen LogP contribution in [-0.4, -0.2) is 11.7 Å². The lowest BCUT2D eigenvalue weighted by atomic mass is 10.0. The summed E-state index contributed by atoms with van der Waals surface area (Å²) < 4.78 is 13.3. The second kappa shape index (κ2) is 7.74. The van der Waals surface area contributed by atoms with Gasteiger partial charge in [0.05, 0.1) is 6.04 Å². The van der Waals surface area contributed by atoms with E-state index in [0.29, 0.717) is 22.3 Å². The van der Waals surface area contributed by atoms with Crippen LogP contribution >= 0.6 is 0 Å². The lowest BCUT2D eigenvalue weighted by Gasteiger charge is -2.14. The third-order valence-electron chi connectivity index (χ3n) is 4.14. The van der Waals surface area contributed by atoms with Crippen LogP contribution in [0, 0.1) is 5.82 Å². The summed E-state index contributed by atoms with van der Waals surface area (Å²) in [5, 5.41) is 2.83. The summed E-state index contributed by atoms with van der Waals surface area (Å²) in [7, 11) is 0. The number of hydrogen-bond acceptors (Lipinski definition) is 2. The van der Waals surface area contributed by atoms with E-state index < -0.39 is 0 Å². The van der Waals surface area contributed by atoms with E-state index in [2.05, 4.69) is 5.32 Å². The average Bonchev–Trinajstić information content (AvgIpc) is 2.68. The van der Waals surface area contributed by atoms with Crippen LogP contribution in [-0.2, 0) is 0 Å². The van der Waals surface area contributed by atoms with Gasteiger partial charge in [0, 0.05) is 16.7 Å². The largest absolute Gasteiger partial charge is 0.346 e. The van der Waals surface area contributed by atoms with Gasteiger partial charge < -0.3 is 5.32 Å². The topological polar surface area (TPSA) is 46.2 Å². The number of nitrogens with one attached hydrogen (secondary N) is 1. The van der Waals surface area contributed by atoms with Crippen molar-refractivity contribution in [1.29, 1.82) is 0 Å². The Bertz CT molecular complexity index is 920. The Morgan fingerprint density at radius 3 is 2.08 bits per heavy atom. The van der Waals surface area contributed by atoms with Crippen molar-refractivity contribution >= 4 is 11.7 Å². The molecule has 1 amide bonds. The number of halogens is 1. The van der Waals surface area contributed by atoms with Gasteiger partial charge in [-0.15, -0.1) is 0 Å². The predicted octanol–water partition coefficient (Wildman–Crippen LogP) is 4.55. The van der Waals surface area contributed by atoms with E-state index in [1.54, 1.807) is 55.5 Å². The number of ketones is 1. The first-order valence-corrected chi connectivity index (χ1v) is 8.31. The van der Waals surface area contributed by atoms with E-state index in [1.165, 1.54) is 12.1 Å². The van der Waals surface area contributed by atoms with Crippen molar-refractivity contribution in [2.24, 2.45) is 0 Å². The van der Waals surface area contributed by atoms with Crippen molar-refractivity contribution in [1.82, 2.24) is 5.32 Å². The fourth-order valence-electron chi connectivity index (χ4n) is 2.67. The van der Waals surface area contributed by atoms with E-state index >= 15 is 0 Å². The number of benzene rings is 3. The molecule has 0 bridgehead atoms. The average molecular weight is 347 g/mol. The van der Waals surface area contributed by atoms with Gasteiger partial charge in [-0.3, -0.25) is 9.59 Å². The Labute approximate surface area is 151 Å². The highest BCUT2D eigenvalue weighted by Crippen LogP contribution is 2.15. The zero-order valence-electron chi connectivity index (χ0n) is 14.3. The maximum atomic E-state index is 13.3. The number of amides is 1. The smallest absolute Gasteiger partial charge is 0.251 e. The monoisotopic (exact) mass is 347 g/mol. The van der Waals surface area contributed by atoms with Crippen LogP contribution in [0.4, 0.5) is 4.39 Å². The number of hydrogen-bond donors (Lipinski definition) is 1. The molecule has 1 atom stereocenters. The van der Waals surface area contributed by atoms with Gasteiger partial charge in [0.1, 0.15) is 5.82 Å². The van der Waals surface area contributed by atoms with Gasteiger partial charge in [-0.1, -0.05) is 54.6 Å². The summed E-state index contributed by atoms with van der Waals surface area (Å²) in [4.78, 5) is 24.8. The van der Waals surface area contributed by atoms with Gasteiger partial charge in [-0.2, -0.15) is 0 Å². The van der Waals surface area contributed by atoms with Crippen molar-refractivity contribution in [3.05, 3.63) is 107 Å². The van der Waals surface area contributed by atoms with Crippen LogP contribution in [0.5, 0.6) is 0 Å². The molecule has 0 fully saturated rings. The Hall–Kier alpha value is -3.27. The van der Waals surface area contributed by atoms with Crippen molar-refractivity contribution in [2.45, 2.75) is 13.0 Å². The molecule has 0 saturated carbocycles. The first-order chi connectivity index (χ1) is 12.5. The lowest BCUT2D eigenvalue weighted by Crippen LogP contribution is -2.26. The fraction of sp³-hybridized carbons (Fsp3) is 0.0909. The lowest BCUT2D eigenvalue weighted by molar-refractivity contribution is 0.0938. The van der Waals surface area contributed by atoms with Crippen LogP contribution in [0.15, 0.2) is 78.9 Å². The molecule has 0 aromatic heterocycles. The molecule has 3 rings (SSSR count). The molecule has 1 unspecified atom stereocenters. The number of rotatable bonds is 5. The van der Waals surface area contributed by atoms with E-state index in [0.717, 1.165) is 0 Å². The third kappa shape index (κ3) is 4.03. The highest BCUT2D eigenvalue weighted by molar-refractivity contribution is 6.09. The molecule has 26 heavy (non-hydrogen) atoms. The number of carbonyl (C=O) groups excluding carboxylic acids is 2. The fourth-order valence-corrected chi connectivity index (χ4v) is 2.67. The minimum Gasteiger partial charge on any atom is -0.346 e. The second-order valence-corrected chi connectivity index (χ2v) is 6.02. The Kier molecular flexibility index (Phi) is 5.23. The van der Waals surface area contributed by atoms with Crippen LogP contribution in [0.1, 0.15) is 44.8 Å². The van der Waals surface area contributed by atoms with Crippen LogP contribution in [0.3, 0.4) is 0 Å². The highest BCUT2D eigenvalue weighted by atomic mass is 19.1. The van der Waals surface area contributed by atoms with Gasteiger partial charge >= 0.3 is 0 Å². The van der Waals surface area contributed by atoms with E-state index in [4.69, 9.17) is 0 Å². The molecule has 3 aromatic carbocycles. The molecule has 130 valence electrons. The summed E-state index contributed by atoms with van der Waals surface area (Å²) in [5.74, 6) is -0.710. The maximum absolute atomic E-state index is 13.3. The van der Waals surface area contributed by atoms with Gasteiger partial charge in [0.2, 0.25) is 0 Å². The third-order valence-corrected chi connectivity index (χ3v) is 4.14. The molecule has 1 N–H and O–H groups in total. The maximum Gasteiger partial charge on any atom is 0.251 e. The van der Waals surface area contributed by atoms with Crippen LogP contribution in [0.25, 0.3) is 0 Å². The Balaban J connectivity index is 1.70. The molecule has 0 aliphatic carbocycles. The molecule has 0 aliphatic heterocycles. The minimum atomic E-state index is -0.340. The van der Waals surface area contributed by atoms with Crippen molar-refractivity contribution < 1.29 is 14.0 Å². The van der Waals surface area contributed by atoms with Crippen molar-refractivity contribution in [2.75, 3.05) is 0 Å². The summed E-state index contributed by atoms with van der Waals surface area (Å²) >= 11 is 0. The Morgan fingerprint density at radius 2 is 1.42 bits per heavy atom. The summed E-state index contributed by atoms with van der Waals surface area (Å²) in [6.45, 7) is 1.79. The molecule has 0 spiro atoms. The molecule has 0 heterocycles. The van der Waals surface area contributed by atoms with Crippen molar-refractivity contribution in [3.63, 3.8) is 0 Å². The van der Waals surface area contributed by atoms with Crippen molar-refractivity contribution in [3.8, 4) is 0 Å². The van der Waals surface area contributed by atoms with Gasteiger partial charge in [0.15, 0.2) is 5.78 Å².